The first-order valence-electron chi connectivity index (χ1n) is 10.3. The van der Waals surface area contributed by atoms with Gasteiger partial charge in [0.25, 0.3) is 5.91 Å². The number of hydrogen-bond donors (Lipinski definition) is 1. The van der Waals surface area contributed by atoms with E-state index in [1.54, 1.807) is 54.5 Å². The predicted molar refractivity (Wildman–Crippen MR) is 120 cm³/mol. The van der Waals surface area contributed by atoms with Crippen LogP contribution in [0.4, 0.5) is 11.4 Å². The molecule has 7 nitrogen and oxygen atoms in total. The van der Waals surface area contributed by atoms with Gasteiger partial charge in [0.1, 0.15) is 23.9 Å². The number of fused-ring (bicyclic) bond motifs is 1. The summed E-state index contributed by atoms with van der Waals surface area (Å²) in [5, 5.41) is 2.83. The van der Waals surface area contributed by atoms with E-state index < -0.39 is 5.41 Å². The molecule has 1 heterocycles. The number of nitrogens with zero attached hydrogens (tertiary/aromatic N) is 1. The fraction of sp³-hybridized carbons (Fsp3) is 0.417. The zero-order chi connectivity index (χ0) is 22.6. The molecule has 2 aromatic carbocycles. The van der Waals surface area contributed by atoms with Crippen LogP contribution in [0, 0.1) is 11.3 Å². The Labute approximate surface area is 183 Å². The van der Waals surface area contributed by atoms with E-state index in [9.17, 15) is 9.59 Å². The molecular weight excluding hydrogens is 396 g/mol. The first-order chi connectivity index (χ1) is 14.7. The molecule has 2 aromatic rings. The van der Waals surface area contributed by atoms with Gasteiger partial charge in [-0.3, -0.25) is 9.59 Å². The molecule has 0 saturated carbocycles. The number of ether oxygens (including phenoxy) is 3. The number of amides is 2. The maximum atomic E-state index is 13.1. The van der Waals surface area contributed by atoms with E-state index in [0.29, 0.717) is 41.8 Å². The number of anilines is 2. The maximum absolute atomic E-state index is 13.1. The highest BCUT2D eigenvalue weighted by Gasteiger charge is 2.38. The lowest BCUT2D eigenvalue weighted by molar-refractivity contribution is -0.127. The summed E-state index contributed by atoms with van der Waals surface area (Å²) < 4.78 is 16.6. The molecule has 0 saturated heterocycles. The number of methoxy groups -OCH3 is 1. The monoisotopic (exact) mass is 426 g/mol. The summed E-state index contributed by atoms with van der Waals surface area (Å²) >= 11 is 0. The summed E-state index contributed by atoms with van der Waals surface area (Å²) in [5.41, 5.74) is 0.598. The van der Waals surface area contributed by atoms with Crippen molar-refractivity contribution in [2.24, 2.45) is 11.3 Å². The average Bonchev–Trinajstić information content (AvgIpc) is 2.82. The molecule has 1 aliphatic rings. The molecule has 0 fully saturated rings. The first-order valence-corrected chi connectivity index (χ1v) is 10.3. The van der Waals surface area contributed by atoms with Crippen molar-refractivity contribution in [1.82, 2.24) is 0 Å². The molecule has 0 unspecified atom stereocenters. The van der Waals surface area contributed by atoms with E-state index in [-0.39, 0.29) is 24.3 Å². The van der Waals surface area contributed by atoms with Crippen molar-refractivity contribution in [3.05, 3.63) is 42.5 Å². The van der Waals surface area contributed by atoms with Crippen molar-refractivity contribution in [2.75, 3.05) is 37.1 Å². The van der Waals surface area contributed by atoms with Gasteiger partial charge in [0, 0.05) is 18.3 Å². The summed E-state index contributed by atoms with van der Waals surface area (Å²) in [6.07, 6.45) is 0. The molecule has 0 radical (unpaired) electrons. The van der Waals surface area contributed by atoms with E-state index >= 15 is 0 Å². The lowest BCUT2D eigenvalue weighted by Gasteiger charge is -2.29. The highest BCUT2D eigenvalue weighted by atomic mass is 16.5. The van der Waals surface area contributed by atoms with Gasteiger partial charge in [-0.2, -0.15) is 0 Å². The Hall–Kier alpha value is -3.22. The van der Waals surface area contributed by atoms with Crippen LogP contribution in [0.25, 0.3) is 0 Å². The number of carbonyl (C=O) groups excluding carboxylic acids is 2. The van der Waals surface area contributed by atoms with Crippen molar-refractivity contribution in [2.45, 2.75) is 27.7 Å². The summed E-state index contributed by atoms with van der Waals surface area (Å²) in [7, 11) is 1.57. The minimum Gasteiger partial charge on any atom is -0.497 e. The third-order valence-corrected chi connectivity index (χ3v) is 4.90. The molecule has 0 aliphatic carbocycles. The Kier molecular flexibility index (Phi) is 6.73. The van der Waals surface area contributed by atoms with Crippen molar-refractivity contribution in [3.8, 4) is 17.2 Å². The van der Waals surface area contributed by atoms with Gasteiger partial charge in [-0.15, -0.1) is 0 Å². The van der Waals surface area contributed by atoms with Gasteiger partial charge >= 0.3 is 0 Å². The second-order valence-electron chi connectivity index (χ2n) is 8.68. The topological polar surface area (TPSA) is 77.1 Å². The van der Waals surface area contributed by atoms with Crippen LogP contribution in [0.5, 0.6) is 17.2 Å². The van der Waals surface area contributed by atoms with Gasteiger partial charge in [0.2, 0.25) is 5.91 Å². The number of nitrogens with one attached hydrogen (secondary N) is 1. The molecule has 31 heavy (non-hydrogen) atoms. The second-order valence-corrected chi connectivity index (χ2v) is 8.68. The van der Waals surface area contributed by atoms with Crippen molar-refractivity contribution < 1.29 is 23.8 Å². The predicted octanol–water partition coefficient (Wildman–Crippen LogP) is 4.12. The average molecular weight is 427 g/mol. The normalized spacial score (nSPS) is 15.0. The Balaban J connectivity index is 1.75. The fourth-order valence-electron chi connectivity index (χ4n) is 3.31. The molecule has 166 valence electrons. The summed E-state index contributed by atoms with van der Waals surface area (Å²) in [6.45, 7) is 8.60. The Morgan fingerprint density at radius 3 is 2.65 bits per heavy atom. The van der Waals surface area contributed by atoms with Crippen LogP contribution in [-0.2, 0) is 9.59 Å². The quantitative estimate of drug-likeness (QED) is 0.721. The lowest BCUT2D eigenvalue weighted by Crippen LogP contribution is -2.43. The molecule has 3 rings (SSSR count). The smallest absolute Gasteiger partial charge is 0.262 e. The third kappa shape index (κ3) is 5.48. The largest absolute Gasteiger partial charge is 0.497 e. The van der Waals surface area contributed by atoms with Crippen LogP contribution >= 0.6 is 0 Å². The minimum absolute atomic E-state index is 0.00443. The number of hydrogen-bond acceptors (Lipinski definition) is 5. The molecule has 0 bridgehead atoms. The van der Waals surface area contributed by atoms with E-state index in [4.69, 9.17) is 14.2 Å². The maximum Gasteiger partial charge on any atom is 0.262 e. The number of carbonyl (C=O) groups is 2. The highest BCUT2D eigenvalue weighted by molar-refractivity contribution is 6.00. The molecular formula is C24H30N2O5. The minimum atomic E-state index is -0.637. The molecule has 0 aromatic heterocycles. The number of benzene rings is 2. The first kappa shape index (κ1) is 22.5. The Bertz CT molecular complexity index is 955. The molecule has 1 aliphatic heterocycles. The van der Waals surface area contributed by atoms with Crippen LogP contribution in [0.15, 0.2) is 42.5 Å². The standard InChI is InChI=1S/C24H30N2O5/c1-16(2)13-26-20-11-17(9-10-21(20)31-15-24(3,4)23(26)28)25-22(27)14-30-19-8-6-7-18(12-19)29-5/h6-12,16H,13-15H2,1-5H3,(H,25,27). The van der Waals surface area contributed by atoms with Crippen molar-refractivity contribution in [3.63, 3.8) is 0 Å². The van der Waals surface area contributed by atoms with E-state index in [1.165, 1.54) is 0 Å². The highest BCUT2D eigenvalue weighted by Crippen LogP contribution is 2.38. The van der Waals surface area contributed by atoms with Crippen molar-refractivity contribution >= 4 is 23.2 Å². The van der Waals surface area contributed by atoms with Gasteiger partial charge < -0.3 is 24.4 Å². The Morgan fingerprint density at radius 1 is 1.19 bits per heavy atom. The summed E-state index contributed by atoms with van der Waals surface area (Å²) in [6, 6.07) is 12.4. The van der Waals surface area contributed by atoms with Crippen LogP contribution in [0.3, 0.4) is 0 Å². The van der Waals surface area contributed by atoms with Gasteiger partial charge in [0.05, 0.1) is 18.2 Å². The number of rotatable bonds is 7. The molecule has 0 spiro atoms. The fourth-order valence-corrected chi connectivity index (χ4v) is 3.31. The van der Waals surface area contributed by atoms with Gasteiger partial charge in [-0.1, -0.05) is 19.9 Å². The second kappa shape index (κ2) is 9.29. The van der Waals surface area contributed by atoms with Gasteiger partial charge in [0.15, 0.2) is 6.61 Å². The molecule has 0 atom stereocenters. The Morgan fingerprint density at radius 2 is 1.94 bits per heavy atom. The van der Waals surface area contributed by atoms with E-state index in [0.717, 1.165) is 0 Å². The molecule has 7 heteroatoms. The van der Waals surface area contributed by atoms with Crippen LogP contribution in [-0.4, -0.2) is 38.7 Å². The molecule has 1 N–H and O–H groups in total. The van der Waals surface area contributed by atoms with Gasteiger partial charge in [-0.25, -0.2) is 0 Å². The molecule has 2 amide bonds. The van der Waals surface area contributed by atoms with E-state index in [2.05, 4.69) is 19.2 Å². The van der Waals surface area contributed by atoms with E-state index in [1.807, 2.05) is 13.8 Å². The SMILES string of the molecule is COc1cccc(OCC(=O)Nc2ccc3c(c2)N(CC(C)C)C(=O)C(C)(C)CO3)c1. The van der Waals surface area contributed by atoms with Gasteiger partial charge in [-0.05, 0) is 50.1 Å². The zero-order valence-corrected chi connectivity index (χ0v) is 18.7. The summed E-state index contributed by atoms with van der Waals surface area (Å²) in [5.74, 6) is 1.80. The summed E-state index contributed by atoms with van der Waals surface area (Å²) in [4.78, 5) is 27.3. The van der Waals surface area contributed by atoms with Crippen LogP contribution < -0.4 is 24.4 Å². The van der Waals surface area contributed by atoms with Crippen LogP contribution in [0.2, 0.25) is 0 Å². The lowest BCUT2D eigenvalue weighted by atomic mass is 9.92. The van der Waals surface area contributed by atoms with Crippen LogP contribution in [0.1, 0.15) is 27.7 Å². The third-order valence-electron chi connectivity index (χ3n) is 4.90. The zero-order valence-electron chi connectivity index (χ0n) is 18.7. The van der Waals surface area contributed by atoms with Crippen molar-refractivity contribution in [1.29, 1.82) is 0 Å².